The third-order valence-electron chi connectivity index (χ3n) is 2.58. The molecule has 0 fully saturated rings. The molecule has 0 aliphatic carbocycles. The number of carboxylic acids is 1. The Morgan fingerprint density at radius 1 is 1.35 bits per heavy atom. The SMILES string of the molecule is Cc1ncccc1Oc1cc(C(=O)O)ccc1[N+](=O)[O-]. The fourth-order valence-corrected chi connectivity index (χ4v) is 1.58. The summed E-state index contributed by atoms with van der Waals surface area (Å²) in [7, 11) is 0. The molecule has 0 saturated heterocycles. The van der Waals surface area contributed by atoms with Gasteiger partial charge in [0, 0.05) is 18.3 Å². The van der Waals surface area contributed by atoms with Crippen LogP contribution in [0, 0.1) is 17.0 Å². The van der Waals surface area contributed by atoms with Crippen LogP contribution in [0.5, 0.6) is 11.5 Å². The van der Waals surface area contributed by atoms with Crippen molar-refractivity contribution in [3.05, 3.63) is 57.9 Å². The molecule has 1 aromatic heterocycles. The predicted octanol–water partition coefficient (Wildman–Crippen LogP) is 2.79. The number of nitro groups is 1. The summed E-state index contributed by atoms with van der Waals surface area (Å²) in [6, 6.07) is 6.59. The number of nitro benzene ring substituents is 1. The maximum Gasteiger partial charge on any atom is 0.335 e. The molecule has 0 atom stereocenters. The fourth-order valence-electron chi connectivity index (χ4n) is 1.58. The van der Waals surface area contributed by atoms with E-state index in [1.54, 1.807) is 25.3 Å². The van der Waals surface area contributed by atoms with Gasteiger partial charge in [-0.25, -0.2) is 4.79 Å². The molecule has 7 heteroatoms. The van der Waals surface area contributed by atoms with Gasteiger partial charge < -0.3 is 9.84 Å². The van der Waals surface area contributed by atoms with E-state index >= 15 is 0 Å². The van der Waals surface area contributed by atoms with Crippen molar-refractivity contribution in [1.82, 2.24) is 4.98 Å². The number of benzene rings is 1. The third-order valence-corrected chi connectivity index (χ3v) is 2.58. The van der Waals surface area contributed by atoms with Crippen molar-refractivity contribution < 1.29 is 19.6 Å². The Kier molecular flexibility index (Phi) is 3.60. The van der Waals surface area contributed by atoms with Crippen molar-refractivity contribution in [2.75, 3.05) is 0 Å². The summed E-state index contributed by atoms with van der Waals surface area (Å²) in [4.78, 5) is 25.2. The quantitative estimate of drug-likeness (QED) is 0.679. The topological polar surface area (TPSA) is 103 Å². The Morgan fingerprint density at radius 3 is 2.70 bits per heavy atom. The molecule has 20 heavy (non-hydrogen) atoms. The van der Waals surface area contributed by atoms with Crippen LogP contribution < -0.4 is 4.74 Å². The first-order valence-corrected chi connectivity index (χ1v) is 5.60. The van der Waals surface area contributed by atoms with Gasteiger partial charge >= 0.3 is 11.7 Å². The number of pyridine rings is 1. The predicted molar refractivity (Wildman–Crippen MR) is 69.1 cm³/mol. The summed E-state index contributed by atoms with van der Waals surface area (Å²) in [6.07, 6.45) is 1.56. The highest BCUT2D eigenvalue weighted by Gasteiger charge is 2.19. The minimum atomic E-state index is -1.19. The van der Waals surface area contributed by atoms with Crippen LogP contribution in [0.3, 0.4) is 0 Å². The van der Waals surface area contributed by atoms with E-state index in [4.69, 9.17) is 9.84 Å². The second-order valence-corrected chi connectivity index (χ2v) is 3.93. The molecule has 0 aliphatic rings. The first-order valence-electron chi connectivity index (χ1n) is 5.60. The van der Waals surface area contributed by atoms with E-state index in [0.29, 0.717) is 11.4 Å². The average molecular weight is 274 g/mol. The molecular formula is C13H10N2O5. The second-order valence-electron chi connectivity index (χ2n) is 3.93. The van der Waals surface area contributed by atoms with Crippen molar-refractivity contribution in [2.24, 2.45) is 0 Å². The molecule has 1 aromatic carbocycles. The van der Waals surface area contributed by atoms with E-state index < -0.39 is 10.9 Å². The van der Waals surface area contributed by atoms with Gasteiger partial charge in [-0.15, -0.1) is 0 Å². The molecule has 102 valence electrons. The van der Waals surface area contributed by atoms with Gasteiger partial charge in [-0.3, -0.25) is 15.1 Å². The van der Waals surface area contributed by atoms with Crippen LogP contribution in [0.2, 0.25) is 0 Å². The van der Waals surface area contributed by atoms with Crippen LogP contribution in [-0.4, -0.2) is 21.0 Å². The van der Waals surface area contributed by atoms with Crippen molar-refractivity contribution in [1.29, 1.82) is 0 Å². The van der Waals surface area contributed by atoms with E-state index in [1.807, 2.05) is 0 Å². The number of ether oxygens (including phenoxy) is 1. The highest BCUT2D eigenvalue weighted by Crippen LogP contribution is 2.33. The van der Waals surface area contributed by atoms with Crippen LogP contribution in [0.4, 0.5) is 5.69 Å². The molecule has 0 aliphatic heterocycles. The lowest BCUT2D eigenvalue weighted by molar-refractivity contribution is -0.385. The molecule has 1 heterocycles. The zero-order valence-corrected chi connectivity index (χ0v) is 10.4. The van der Waals surface area contributed by atoms with Crippen molar-refractivity contribution in [3.63, 3.8) is 0 Å². The van der Waals surface area contributed by atoms with Gasteiger partial charge in [-0.1, -0.05) is 0 Å². The van der Waals surface area contributed by atoms with E-state index in [9.17, 15) is 14.9 Å². The fraction of sp³-hybridized carbons (Fsp3) is 0.0769. The summed E-state index contributed by atoms with van der Waals surface area (Å²) in [5, 5.41) is 19.9. The summed E-state index contributed by atoms with van der Waals surface area (Å²) >= 11 is 0. The molecular weight excluding hydrogens is 264 g/mol. The highest BCUT2D eigenvalue weighted by atomic mass is 16.6. The number of aryl methyl sites for hydroxylation is 1. The Bertz CT molecular complexity index is 684. The summed E-state index contributed by atoms with van der Waals surface area (Å²) < 4.78 is 5.42. The summed E-state index contributed by atoms with van der Waals surface area (Å²) in [5.74, 6) is -0.989. The maximum atomic E-state index is 10.9. The largest absolute Gasteiger partial charge is 0.478 e. The average Bonchev–Trinajstić information content (AvgIpc) is 2.41. The van der Waals surface area contributed by atoms with Gasteiger partial charge in [0.2, 0.25) is 5.75 Å². The van der Waals surface area contributed by atoms with Crippen molar-refractivity contribution >= 4 is 11.7 Å². The summed E-state index contributed by atoms with van der Waals surface area (Å²) in [5.41, 5.74) is 0.146. The van der Waals surface area contributed by atoms with Crippen LogP contribution in [0.1, 0.15) is 16.1 Å². The smallest absolute Gasteiger partial charge is 0.335 e. The van der Waals surface area contributed by atoms with Gasteiger partial charge in [-0.2, -0.15) is 0 Å². The Hall–Kier alpha value is -2.96. The molecule has 0 bridgehead atoms. The first-order chi connectivity index (χ1) is 9.49. The number of rotatable bonds is 4. The minimum Gasteiger partial charge on any atom is -0.478 e. The molecule has 1 N–H and O–H groups in total. The number of aromatic carboxylic acids is 1. The molecule has 0 amide bonds. The molecule has 2 rings (SSSR count). The molecule has 7 nitrogen and oxygen atoms in total. The number of hydrogen-bond acceptors (Lipinski definition) is 5. The maximum absolute atomic E-state index is 10.9. The molecule has 0 saturated carbocycles. The number of carboxylic acid groups (broad SMARTS) is 1. The molecule has 0 radical (unpaired) electrons. The van der Waals surface area contributed by atoms with Crippen LogP contribution >= 0.6 is 0 Å². The van der Waals surface area contributed by atoms with E-state index in [0.717, 1.165) is 18.2 Å². The lowest BCUT2D eigenvalue weighted by Crippen LogP contribution is -2.00. The van der Waals surface area contributed by atoms with E-state index in [-0.39, 0.29) is 17.0 Å². The van der Waals surface area contributed by atoms with Crippen LogP contribution in [-0.2, 0) is 0 Å². The summed E-state index contributed by atoms with van der Waals surface area (Å²) in [6.45, 7) is 1.68. The van der Waals surface area contributed by atoms with Gasteiger partial charge in [0.15, 0.2) is 0 Å². The van der Waals surface area contributed by atoms with Gasteiger partial charge in [0.25, 0.3) is 0 Å². The highest BCUT2D eigenvalue weighted by molar-refractivity contribution is 5.88. The van der Waals surface area contributed by atoms with E-state index in [2.05, 4.69) is 4.98 Å². The minimum absolute atomic E-state index is 0.0906. The Labute approximate surface area is 113 Å². The number of aromatic nitrogens is 1. The second kappa shape index (κ2) is 5.35. The molecule has 2 aromatic rings. The Balaban J connectivity index is 2.48. The lowest BCUT2D eigenvalue weighted by atomic mass is 10.2. The van der Waals surface area contributed by atoms with Gasteiger partial charge in [-0.05, 0) is 25.1 Å². The zero-order valence-electron chi connectivity index (χ0n) is 10.4. The first kappa shape index (κ1) is 13.5. The lowest BCUT2D eigenvalue weighted by Gasteiger charge is -2.08. The number of nitrogens with zero attached hydrogens (tertiary/aromatic N) is 2. The third kappa shape index (κ3) is 2.72. The van der Waals surface area contributed by atoms with Crippen LogP contribution in [0.15, 0.2) is 36.5 Å². The molecule has 0 spiro atoms. The van der Waals surface area contributed by atoms with Crippen molar-refractivity contribution in [2.45, 2.75) is 6.92 Å². The molecule has 0 unspecified atom stereocenters. The monoisotopic (exact) mass is 274 g/mol. The standard InChI is InChI=1S/C13H10N2O5/c1-8-11(3-2-6-14-8)20-12-7-9(13(16)17)4-5-10(12)15(18)19/h2-7H,1H3,(H,16,17). The van der Waals surface area contributed by atoms with Crippen LogP contribution in [0.25, 0.3) is 0 Å². The normalized spacial score (nSPS) is 10.1. The number of hydrogen-bond donors (Lipinski definition) is 1. The van der Waals surface area contributed by atoms with Crippen molar-refractivity contribution in [3.8, 4) is 11.5 Å². The van der Waals surface area contributed by atoms with Gasteiger partial charge in [0.1, 0.15) is 5.75 Å². The van der Waals surface area contributed by atoms with Gasteiger partial charge in [0.05, 0.1) is 16.2 Å². The number of carbonyl (C=O) groups is 1. The van der Waals surface area contributed by atoms with E-state index in [1.165, 1.54) is 0 Å². The zero-order chi connectivity index (χ0) is 14.7. The Morgan fingerprint density at radius 2 is 2.10 bits per heavy atom.